The van der Waals surface area contributed by atoms with E-state index < -0.39 is 22.1 Å². The number of fused-ring (bicyclic) bond motifs is 1. The SMILES string of the molecule is CCCC(=O)NC1(SC)C(=O)N2C(C(=O)O)=C(OC)CS[C@H]21. The van der Waals surface area contributed by atoms with Crippen LogP contribution < -0.4 is 5.32 Å². The van der Waals surface area contributed by atoms with E-state index in [1.54, 1.807) is 6.26 Å². The molecule has 122 valence electrons. The number of carboxylic acid groups (broad SMARTS) is 1. The lowest BCUT2D eigenvalue weighted by Gasteiger charge is -2.56. The first-order valence-electron chi connectivity index (χ1n) is 6.74. The van der Waals surface area contributed by atoms with Crippen LogP contribution in [0.15, 0.2) is 11.5 Å². The summed E-state index contributed by atoms with van der Waals surface area (Å²) in [6, 6.07) is 0. The van der Waals surface area contributed by atoms with E-state index in [1.807, 2.05) is 6.92 Å². The molecule has 2 atom stereocenters. The molecule has 2 rings (SSSR count). The molecule has 0 bridgehead atoms. The molecule has 1 fully saturated rings. The zero-order valence-electron chi connectivity index (χ0n) is 12.5. The third kappa shape index (κ3) is 2.45. The van der Waals surface area contributed by atoms with E-state index in [4.69, 9.17) is 4.74 Å². The van der Waals surface area contributed by atoms with Crippen molar-refractivity contribution in [1.29, 1.82) is 0 Å². The summed E-state index contributed by atoms with van der Waals surface area (Å²) in [6.07, 6.45) is 2.75. The largest absolute Gasteiger partial charge is 0.498 e. The summed E-state index contributed by atoms with van der Waals surface area (Å²) in [5.74, 6) is -1.22. The van der Waals surface area contributed by atoms with Gasteiger partial charge in [0.1, 0.15) is 11.1 Å². The van der Waals surface area contributed by atoms with Crippen molar-refractivity contribution < 1.29 is 24.2 Å². The number of carbonyl (C=O) groups excluding carboxylic acids is 2. The number of nitrogens with zero attached hydrogens (tertiary/aromatic N) is 1. The highest BCUT2D eigenvalue weighted by Gasteiger charge is 2.65. The van der Waals surface area contributed by atoms with Crippen LogP contribution in [0.25, 0.3) is 0 Å². The molecule has 0 aromatic rings. The first-order chi connectivity index (χ1) is 10.4. The topological polar surface area (TPSA) is 95.9 Å². The lowest BCUT2D eigenvalue weighted by atomic mass is 10.0. The second-order valence-electron chi connectivity index (χ2n) is 4.86. The number of ether oxygens (including phenoxy) is 1. The van der Waals surface area contributed by atoms with E-state index in [1.165, 1.54) is 35.5 Å². The number of β-lactam (4-membered cyclic amide) rings is 1. The van der Waals surface area contributed by atoms with Gasteiger partial charge in [-0.25, -0.2) is 4.79 Å². The molecular weight excluding hydrogens is 328 g/mol. The first kappa shape index (κ1) is 17.0. The fourth-order valence-corrected chi connectivity index (χ4v) is 5.10. The number of methoxy groups -OCH3 is 1. The van der Waals surface area contributed by atoms with Crippen molar-refractivity contribution in [3.8, 4) is 0 Å². The molecule has 0 radical (unpaired) electrons. The van der Waals surface area contributed by atoms with Crippen molar-refractivity contribution in [2.75, 3.05) is 19.1 Å². The number of carbonyl (C=O) groups is 3. The minimum Gasteiger partial charge on any atom is -0.498 e. The lowest BCUT2D eigenvalue weighted by Crippen LogP contribution is -2.78. The van der Waals surface area contributed by atoms with Crippen LogP contribution in [0.5, 0.6) is 0 Å². The maximum Gasteiger partial charge on any atom is 0.356 e. The van der Waals surface area contributed by atoms with Gasteiger partial charge in [-0.1, -0.05) is 6.92 Å². The molecule has 2 heterocycles. The van der Waals surface area contributed by atoms with E-state index in [9.17, 15) is 19.5 Å². The summed E-state index contributed by atoms with van der Waals surface area (Å²) in [7, 11) is 1.38. The molecule has 1 saturated heterocycles. The van der Waals surface area contributed by atoms with Gasteiger partial charge in [0.25, 0.3) is 5.91 Å². The molecule has 2 amide bonds. The molecule has 9 heteroatoms. The van der Waals surface area contributed by atoms with Crippen LogP contribution in [0.4, 0.5) is 0 Å². The number of amides is 2. The normalized spacial score (nSPS) is 27.1. The van der Waals surface area contributed by atoms with Crippen LogP contribution in [0, 0.1) is 0 Å². The molecule has 0 aromatic carbocycles. The minimum atomic E-state index is -1.20. The molecular formula is C13H18N2O5S2. The van der Waals surface area contributed by atoms with Crippen molar-refractivity contribution in [1.82, 2.24) is 10.2 Å². The summed E-state index contributed by atoms with van der Waals surface area (Å²) in [5, 5.41) is 11.7. The molecule has 2 aliphatic rings. The molecule has 7 nitrogen and oxygen atoms in total. The Morgan fingerprint density at radius 1 is 1.59 bits per heavy atom. The number of nitrogens with one attached hydrogen (secondary N) is 1. The fraction of sp³-hybridized carbons (Fsp3) is 0.615. The summed E-state index contributed by atoms with van der Waals surface area (Å²) < 4.78 is 5.08. The van der Waals surface area contributed by atoms with Crippen LogP contribution >= 0.6 is 23.5 Å². The molecule has 1 unspecified atom stereocenters. The third-order valence-corrected chi connectivity index (χ3v) is 6.17. The van der Waals surface area contributed by atoms with Crippen molar-refractivity contribution in [2.45, 2.75) is 30.0 Å². The van der Waals surface area contributed by atoms with Crippen molar-refractivity contribution >= 4 is 41.3 Å². The van der Waals surface area contributed by atoms with Gasteiger partial charge in [-0.05, 0) is 12.7 Å². The van der Waals surface area contributed by atoms with Crippen LogP contribution in [0.1, 0.15) is 19.8 Å². The Hall–Kier alpha value is -1.35. The van der Waals surface area contributed by atoms with Crippen molar-refractivity contribution in [3.63, 3.8) is 0 Å². The molecule has 0 aromatic heterocycles. The number of hydrogen-bond donors (Lipinski definition) is 2. The highest BCUT2D eigenvalue weighted by molar-refractivity contribution is 8.05. The van der Waals surface area contributed by atoms with E-state index >= 15 is 0 Å². The van der Waals surface area contributed by atoms with Crippen molar-refractivity contribution in [3.05, 3.63) is 11.5 Å². The zero-order chi connectivity index (χ0) is 16.5. The Labute approximate surface area is 136 Å². The lowest BCUT2D eigenvalue weighted by molar-refractivity contribution is -0.153. The quantitative estimate of drug-likeness (QED) is 0.543. The Morgan fingerprint density at radius 3 is 2.77 bits per heavy atom. The minimum absolute atomic E-state index is 0.134. The second kappa shape index (κ2) is 6.41. The van der Waals surface area contributed by atoms with Gasteiger partial charge in [0.15, 0.2) is 10.6 Å². The molecule has 22 heavy (non-hydrogen) atoms. The zero-order valence-corrected chi connectivity index (χ0v) is 14.2. The van der Waals surface area contributed by atoms with Gasteiger partial charge in [0.05, 0.1) is 12.9 Å². The van der Waals surface area contributed by atoms with Crippen LogP contribution in [0.2, 0.25) is 0 Å². The van der Waals surface area contributed by atoms with E-state index in [-0.39, 0.29) is 17.4 Å². The summed E-state index contributed by atoms with van der Waals surface area (Å²) >= 11 is 2.61. The number of carboxylic acids is 1. The average molecular weight is 346 g/mol. The summed E-state index contributed by atoms with van der Waals surface area (Å²) in [4.78, 5) is 36.1. The average Bonchev–Trinajstić information content (AvgIpc) is 2.50. The smallest absolute Gasteiger partial charge is 0.356 e. The standard InChI is InChI=1S/C13H18N2O5S2/c1-4-5-8(16)14-13(21-3)11(19)15-9(10(17)18)7(20-2)6-22-12(13)15/h12H,4-6H2,1-3H3,(H,14,16)(H,17,18)/t12-,13?/m0/s1. The van der Waals surface area contributed by atoms with Crippen LogP contribution in [0.3, 0.4) is 0 Å². The van der Waals surface area contributed by atoms with Gasteiger partial charge in [0.2, 0.25) is 5.91 Å². The predicted molar refractivity (Wildman–Crippen MR) is 84.1 cm³/mol. The maximum atomic E-state index is 12.6. The maximum absolute atomic E-state index is 12.6. The van der Waals surface area contributed by atoms with Gasteiger partial charge in [-0.2, -0.15) is 0 Å². The molecule has 0 aliphatic carbocycles. The first-order valence-corrected chi connectivity index (χ1v) is 9.02. The molecule has 0 spiro atoms. The third-order valence-electron chi connectivity index (χ3n) is 3.57. The van der Waals surface area contributed by atoms with E-state index in [0.29, 0.717) is 18.6 Å². The molecule has 0 saturated carbocycles. The Morgan fingerprint density at radius 2 is 2.27 bits per heavy atom. The van der Waals surface area contributed by atoms with Gasteiger partial charge in [0, 0.05) is 6.42 Å². The monoisotopic (exact) mass is 346 g/mol. The van der Waals surface area contributed by atoms with Gasteiger partial charge >= 0.3 is 5.97 Å². The van der Waals surface area contributed by atoms with Crippen LogP contribution in [-0.2, 0) is 19.1 Å². The summed E-state index contributed by atoms with van der Waals surface area (Å²) in [5.41, 5.74) is -0.134. The number of aliphatic carboxylic acids is 1. The fourth-order valence-electron chi connectivity index (χ4n) is 2.50. The van der Waals surface area contributed by atoms with Crippen LogP contribution in [-0.4, -0.2) is 57.2 Å². The highest BCUT2D eigenvalue weighted by atomic mass is 32.2. The van der Waals surface area contributed by atoms with Crippen molar-refractivity contribution in [2.24, 2.45) is 0 Å². The van der Waals surface area contributed by atoms with E-state index in [0.717, 1.165) is 0 Å². The van der Waals surface area contributed by atoms with E-state index in [2.05, 4.69) is 5.32 Å². The molecule has 2 aliphatic heterocycles. The van der Waals surface area contributed by atoms with Gasteiger partial charge < -0.3 is 15.2 Å². The number of rotatable bonds is 6. The number of thioether (sulfide) groups is 2. The Balaban J connectivity index is 2.31. The highest BCUT2D eigenvalue weighted by Crippen LogP contribution is 2.50. The Kier molecular flexibility index (Phi) is 4.96. The second-order valence-corrected chi connectivity index (χ2v) is 6.98. The van der Waals surface area contributed by atoms with Gasteiger partial charge in [-0.3, -0.25) is 14.5 Å². The number of hydrogen-bond acceptors (Lipinski definition) is 6. The Bertz CT molecular complexity index is 551. The summed E-state index contributed by atoms with van der Waals surface area (Å²) in [6.45, 7) is 1.88. The molecule has 2 N–H and O–H groups in total. The predicted octanol–water partition coefficient (Wildman–Crippen LogP) is 0.820. The van der Waals surface area contributed by atoms with Gasteiger partial charge in [-0.15, -0.1) is 23.5 Å².